The van der Waals surface area contributed by atoms with E-state index in [4.69, 9.17) is 28.3 Å². The zero-order chi connectivity index (χ0) is 20.1. The molecule has 0 bridgehead atoms. The number of thioether (sulfide) groups is 1. The molecule has 1 aliphatic rings. The zero-order valence-electron chi connectivity index (χ0n) is 14.9. The molecule has 2 aromatic carbocycles. The highest BCUT2D eigenvalue weighted by molar-refractivity contribution is 9.10. The molecule has 4 nitrogen and oxygen atoms in total. The van der Waals surface area contributed by atoms with Gasteiger partial charge in [0.2, 0.25) is 5.16 Å². The fourth-order valence-corrected chi connectivity index (χ4v) is 4.57. The Bertz CT molecular complexity index is 1100. The average molecular weight is 500 g/mol. The minimum atomic E-state index is -0.529. The highest BCUT2D eigenvalue weighted by Gasteiger charge is 2.33. The van der Waals surface area contributed by atoms with Crippen LogP contribution in [0.4, 0.5) is 4.39 Å². The summed E-state index contributed by atoms with van der Waals surface area (Å²) in [6.45, 7) is 4.13. The fraction of sp³-hybridized carbons (Fsp3) is 0.211. The second kappa shape index (κ2) is 7.44. The predicted molar refractivity (Wildman–Crippen MR) is 115 cm³/mol. The van der Waals surface area contributed by atoms with Gasteiger partial charge in [-0.05, 0) is 43.7 Å². The van der Waals surface area contributed by atoms with Crippen molar-refractivity contribution in [2.24, 2.45) is 5.10 Å². The lowest BCUT2D eigenvalue weighted by molar-refractivity contribution is 0.545. The quantitative estimate of drug-likeness (QED) is 0.404. The van der Waals surface area contributed by atoms with Gasteiger partial charge in [0.25, 0.3) is 0 Å². The first-order chi connectivity index (χ1) is 13.3. The van der Waals surface area contributed by atoms with Gasteiger partial charge in [-0.1, -0.05) is 63.0 Å². The van der Waals surface area contributed by atoms with Crippen molar-refractivity contribution < 1.29 is 4.39 Å². The summed E-state index contributed by atoms with van der Waals surface area (Å²) in [6.07, 6.45) is 0. The molecule has 0 atom stereocenters. The van der Waals surface area contributed by atoms with Crippen LogP contribution in [-0.2, 0) is 5.41 Å². The molecule has 0 aliphatic carbocycles. The summed E-state index contributed by atoms with van der Waals surface area (Å²) in [5.41, 5.74) is 1.80. The number of rotatable bonds is 3. The zero-order valence-corrected chi connectivity index (χ0v) is 18.8. The van der Waals surface area contributed by atoms with Gasteiger partial charge in [0.15, 0.2) is 5.82 Å². The Labute approximate surface area is 184 Å². The Morgan fingerprint density at radius 2 is 1.82 bits per heavy atom. The number of fused-ring (bicyclic) bond motifs is 1. The first kappa shape index (κ1) is 19.9. The Morgan fingerprint density at radius 3 is 2.54 bits per heavy atom. The van der Waals surface area contributed by atoms with Gasteiger partial charge in [-0.25, -0.2) is 4.39 Å². The van der Waals surface area contributed by atoms with Crippen LogP contribution in [0.1, 0.15) is 30.8 Å². The molecule has 0 unspecified atom stereocenters. The van der Waals surface area contributed by atoms with Crippen LogP contribution < -0.4 is 0 Å². The van der Waals surface area contributed by atoms with E-state index < -0.39 is 11.2 Å². The average Bonchev–Trinajstić information content (AvgIpc) is 3.09. The van der Waals surface area contributed by atoms with E-state index in [2.05, 4.69) is 40.0 Å². The van der Waals surface area contributed by atoms with Crippen LogP contribution in [0, 0.1) is 5.82 Å². The molecule has 0 radical (unpaired) electrons. The third-order valence-electron chi connectivity index (χ3n) is 4.62. The molecule has 0 N–H and O–H groups in total. The summed E-state index contributed by atoms with van der Waals surface area (Å²) < 4.78 is 16.7. The maximum Gasteiger partial charge on any atom is 0.212 e. The lowest BCUT2D eigenvalue weighted by Crippen LogP contribution is -2.25. The Balaban J connectivity index is 1.80. The highest BCUT2D eigenvalue weighted by Crippen LogP contribution is 2.35. The minimum absolute atomic E-state index is 0.0140. The largest absolute Gasteiger partial charge is 0.212 e. The number of aromatic nitrogens is 3. The predicted octanol–water partition coefficient (Wildman–Crippen LogP) is 6.17. The second-order valence-electron chi connectivity index (χ2n) is 6.83. The molecule has 0 saturated carbocycles. The normalized spacial score (nSPS) is 14.0. The lowest BCUT2D eigenvalue weighted by Gasteiger charge is -2.25. The van der Waals surface area contributed by atoms with Crippen molar-refractivity contribution >= 4 is 56.6 Å². The maximum absolute atomic E-state index is 14.0. The topological polar surface area (TPSA) is 43.1 Å². The fourth-order valence-electron chi connectivity index (χ4n) is 2.99. The number of hydrogen-bond acceptors (Lipinski definition) is 4. The van der Waals surface area contributed by atoms with E-state index in [0.717, 1.165) is 10.0 Å². The standard InChI is InChI=1S/C19H14BrCl2FN4S/c1-19(2,10-3-5-11(20)6-4-10)17-24-25-18-27(17)26-16(9-28-18)12-7-15(23)14(22)8-13(12)21/h3-8H,9H2,1-2H3. The molecule has 2 heterocycles. The van der Waals surface area contributed by atoms with E-state index in [9.17, 15) is 4.39 Å². The van der Waals surface area contributed by atoms with Crippen LogP contribution in [0.3, 0.4) is 0 Å². The SMILES string of the molecule is CC(C)(c1ccc(Br)cc1)c1nnc2n1N=C(c1cc(F)c(Cl)cc1Cl)CS2. The van der Waals surface area contributed by atoms with Crippen molar-refractivity contribution in [3.63, 3.8) is 0 Å². The second-order valence-corrected chi connectivity index (χ2v) is 9.50. The highest BCUT2D eigenvalue weighted by atomic mass is 79.9. The molecule has 9 heteroatoms. The summed E-state index contributed by atoms with van der Waals surface area (Å²) in [5, 5.41) is 14.4. The van der Waals surface area contributed by atoms with Crippen molar-refractivity contribution in [1.29, 1.82) is 0 Å². The van der Waals surface area contributed by atoms with Crippen LogP contribution in [0.5, 0.6) is 0 Å². The maximum atomic E-state index is 14.0. The molecule has 144 valence electrons. The van der Waals surface area contributed by atoms with Gasteiger partial charge in [0, 0.05) is 15.8 Å². The van der Waals surface area contributed by atoms with Gasteiger partial charge in [-0.15, -0.1) is 10.2 Å². The molecule has 1 aromatic heterocycles. The Morgan fingerprint density at radius 1 is 1.11 bits per heavy atom. The summed E-state index contributed by atoms with van der Waals surface area (Å²) in [6, 6.07) is 10.8. The van der Waals surface area contributed by atoms with Gasteiger partial charge in [0.05, 0.1) is 21.2 Å². The van der Waals surface area contributed by atoms with E-state index in [1.54, 1.807) is 4.68 Å². The Kier molecular flexibility index (Phi) is 5.29. The van der Waals surface area contributed by atoms with E-state index >= 15 is 0 Å². The lowest BCUT2D eigenvalue weighted by atomic mass is 9.84. The van der Waals surface area contributed by atoms with Crippen LogP contribution in [-0.4, -0.2) is 26.3 Å². The number of hydrogen-bond donors (Lipinski definition) is 0. The molecule has 28 heavy (non-hydrogen) atoms. The molecular formula is C19H14BrCl2FN4S. The smallest absolute Gasteiger partial charge is 0.205 e. The van der Waals surface area contributed by atoms with E-state index in [-0.39, 0.29) is 5.02 Å². The first-order valence-corrected chi connectivity index (χ1v) is 10.9. The molecule has 4 rings (SSSR count). The number of benzene rings is 2. The van der Waals surface area contributed by atoms with Gasteiger partial charge in [0.1, 0.15) is 5.82 Å². The summed E-state index contributed by atoms with van der Waals surface area (Å²) >= 11 is 17.1. The monoisotopic (exact) mass is 498 g/mol. The van der Waals surface area contributed by atoms with Crippen LogP contribution >= 0.6 is 50.9 Å². The van der Waals surface area contributed by atoms with Gasteiger partial charge < -0.3 is 0 Å². The van der Waals surface area contributed by atoms with Gasteiger partial charge >= 0.3 is 0 Å². The van der Waals surface area contributed by atoms with Gasteiger partial charge in [-0.3, -0.25) is 0 Å². The molecule has 1 aliphatic heterocycles. The molecule has 3 aromatic rings. The minimum Gasteiger partial charge on any atom is -0.205 e. The van der Waals surface area contributed by atoms with Crippen LogP contribution in [0.2, 0.25) is 10.0 Å². The van der Waals surface area contributed by atoms with Crippen LogP contribution in [0.15, 0.2) is 51.1 Å². The van der Waals surface area contributed by atoms with E-state index in [0.29, 0.717) is 33.0 Å². The number of halogens is 4. The third kappa shape index (κ3) is 3.49. The van der Waals surface area contributed by atoms with E-state index in [1.165, 1.54) is 23.9 Å². The van der Waals surface area contributed by atoms with Gasteiger partial charge in [-0.2, -0.15) is 9.78 Å². The summed E-state index contributed by atoms with van der Waals surface area (Å²) in [7, 11) is 0. The van der Waals surface area contributed by atoms with Crippen molar-refractivity contribution in [3.05, 3.63) is 73.7 Å². The van der Waals surface area contributed by atoms with Crippen LogP contribution in [0.25, 0.3) is 0 Å². The Hall–Kier alpha value is -1.41. The third-order valence-corrected chi connectivity index (χ3v) is 6.68. The molecule has 0 fully saturated rings. The first-order valence-electron chi connectivity index (χ1n) is 8.35. The van der Waals surface area contributed by atoms with Crippen molar-refractivity contribution in [2.45, 2.75) is 24.4 Å². The van der Waals surface area contributed by atoms with Crippen molar-refractivity contribution in [1.82, 2.24) is 14.9 Å². The molecule has 0 saturated heterocycles. The summed E-state index contributed by atoms with van der Waals surface area (Å²) in [4.78, 5) is 0. The molecule has 0 spiro atoms. The number of nitrogens with zero attached hydrogens (tertiary/aromatic N) is 4. The summed E-state index contributed by atoms with van der Waals surface area (Å²) in [5.74, 6) is 0.677. The van der Waals surface area contributed by atoms with Crippen molar-refractivity contribution in [3.8, 4) is 0 Å². The van der Waals surface area contributed by atoms with E-state index in [1.807, 2.05) is 24.3 Å². The molecule has 0 amide bonds. The molecular weight excluding hydrogens is 486 g/mol. The van der Waals surface area contributed by atoms with Crippen molar-refractivity contribution in [2.75, 3.05) is 5.75 Å².